The van der Waals surface area contributed by atoms with Crippen molar-refractivity contribution in [3.05, 3.63) is 46.7 Å². The number of hydrogen-bond donors (Lipinski definition) is 2. The Morgan fingerprint density at radius 2 is 2.04 bits per heavy atom. The molecule has 27 heavy (non-hydrogen) atoms. The van der Waals surface area contributed by atoms with Crippen LogP contribution in [0.5, 0.6) is 5.75 Å². The van der Waals surface area contributed by atoms with Crippen molar-refractivity contribution < 1.29 is 14.3 Å². The molecule has 0 saturated heterocycles. The van der Waals surface area contributed by atoms with E-state index in [-0.39, 0.29) is 17.6 Å². The molecule has 140 valence electrons. The van der Waals surface area contributed by atoms with E-state index in [0.29, 0.717) is 27.3 Å². The number of thiophene rings is 1. The minimum absolute atomic E-state index is 0.138. The first kappa shape index (κ1) is 19.3. The highest BCUT2D eigenvalue weighted by Gasteiger charge is 2.11. The Kier molecular flexibility index (Phi) is 6.80. The van der Waals surface area contributed by atoms with Crippen molar-refractivity contribution in [2.24, 2.45) is 0 Å². The molecule has 0 fully saturated rings. The molecular weight excluding hydrogens is 404 g/mol. The number of nitrogens with zero attached hydrogens (tertiary/aromatic N) is 2. The van der Waals surface area contributed by atoms with Gasteiger partial charge in [-0.1, -0.05) is 35.2 Å². The highest BCUT2D eigenvalue weighted by atomic mass is 32.2. The molecule has 0 spiro atoms. The fourth-order valence-electron chi connectivity index (χ4n) is 2.08. The van der Waals surface area contributed by atoms with Crippen molar-refractivity contribution in [1.29, 1.82) is 0 Å². The van der Waals surface area contributed by atoms with Crippen LogP contribution in [0.4, 0.5) is 10.8 Å². The van der Waals surface area contributed by atoms with Crippen LogP contribution in [0, 0.1) is 0 Å². The van der Waals surface area contributed by atoms with Gasteiger partial charge in [0.2, 0.25) is 16.9 Å². The molecule has 1 aromatic carbocycles. The number of carbonyl (C=O) groups is 2. The van der Waals surface area contributed by atoms with Gasteiger partial charge in [0, 0.05) is 16.6 Å². The smallest absolute Gasteiger partial charge is 0.234 e. The Hall–Kier alpha value is -2.43. The van der Waals surface area contributed by atoms with Gasteiger partial charge in [0.15, 0.2) is 4.34 Å². The van der Waals surface area contributed by atoms with E-state index in [9.17, 15) is 9.59 Å². The summed E-state index contributed by atoms with van der Waals surface area (Å²) in [4.78, 5) is 25.0. The van der Waals surface area contributed by atoms with Crippen molar-refractivity contribution in [3.63, 3.8) is 0 Å². The number of amides is 2. The second-order valence-electron chi connectivity index (χ2n) is 5.25. The van der Waals surface area contributed by atoms with Gasteiger partial charge < -0.3 is 15.4 Å². The minimum Gasteiger partial charge on any atom is -0.497 e. The number of benzene rings is 1. The Morgan fingerprint density at radius 1 is 1.15 bits per heavy atom. The molecule has 0 aliphatic heterocycles. The van der Waals surface area contributed by atoms with Gasteiger partial charge in [0.1, 0.15) is 5.75 Å². The van der Waals surface area contributed by atoms with Gasteiger partial charge in [-0.2, -0.15) is 0 Å². The summed E-state index contributed by atoms with van der Waals surface area (Å²) in [7, 11) is 1.57. The van der Waals surface area contributed by atoms with Crippen LogP contribution >= 0.6 is 34.4 Å². The molecular formula is C17H16N4O3S3. The zero-order valence-electron chi connectivity index (χ0n) is 14.3. The van der Waals surface area contributed by atoms with Crippen LogP contribution in [0.2, 0.25) is 0 Å². The molecule has 0 atom stereocenters. The summed E-state index contributed by atoms with van der Waals surface area (Å²) in [6.45, 7) is 0. The second-order valence-corrected chi connectivity index (χ2v) is 8.48. The van der Waals surface area contributed by atoms with E-state index in [0.717, 1.165) is 4.88 Å². The van der Waals surface area contributed by atoms with Gasteiger partial charge in [-0.05, 0) is 23.6 Å². The van der Waals surface area contributed by atoms with E-state index in [1.54, 1.807) is 31.4 Å². The quantitative estimate of drug-likeness (QED) is 0.428. The van der Waals surface area contributed by atoms with Crippen molar-refractivity contribution in [2.75, 3.05) is 23.5 Å². The van der Waals surface area contributed by atoms with Crippen LogP contribution in [0.15, 0.2) is 46.1 Å². The normalized spacial score (nSPS) is 10.4. The third kappa shape index (κ3) is 6.05. The predicted octanol–water partition coefficient (Wildman–Crippen LogP) is 3.52. The number of thioether (sulfide) groups is 1. The van der Waals surface area contributed by atoms with Crippen molar-refractivity contribution in [3.8, 4) is 5.75 Å². The molecule has 7 nitrogen and oxygen atoms in total. The topological polar surface area (TPSA) is 93.2 Å². The maximum atomic E-state index is 12.1. The van der Waals surface area contributed by atoms with Gasteiger partial charge in [0.25, 0.3) is 0 Å². The zero-order valence-corrected chi connectivity index (χ0v) is 16.7. The maximum Gasteiger partial charge on any atom is 0.234 e. The highest BCUT2D eigenvalue weighted by molar-refractivity contribution is 8.01. The van der Waals surface area contributed by atoms with Crippen LogP contribution < -0.4 is 15.4 Å². The Labute approximate surface area is 168 Å². The van der Waals surface area contributed by atoms with E-state index in [1.807, 2.05) is 17.5 Å². The molecule has 0 aliphatic rings. The van der Waals surface area contributed by atoms with Crippen molar-refractivity contribution in [1.82, 2.24) is 10.2 Å². The number of aromatic nitrogens is 2. The Morgan fingerprint density at radius 3 is 2.81 bits per heavy atom. The summed E-state index contributed by atoms with van der Waals surface area (Å²) in [5, 5.41) is 15.8. The molecule has 0 unspecified atom stereocenters. The van der Waals surface area contributed by atoms with Crippen LogP contribution in [-0.2, 0) is 16.0 Å². The molecule has 0 aliphatic carbocycles. The lowest BCUT2D eigenvalue weighted by Gasteiger charge is -2.06. The lowest BCUT2D eigenvalue weighted by Crippen LogP contribution is -2.13. The van der Waals surface area contributed by atoms with E-state index >= 15 is 0 Å². The van der Waals surface area contributed by atoms with Gasteiger partial charge in [-0.15, -0.1) is 21.5 Å². The number of nitrogens with one attached hydrogen (secondary N) is 2. The fourth-order valence-corrected chi connectivity index (χ4v) is 4.35. The maximum absolute atomic E-state index is 12.1. The molecule has 10 heteroatoms. The number of methoxy groups -OCH3 is 1. The third-order valence-electron chi connectivity index (χ3n) is 3.25. The molecule has 0 bridgehead atoms. The van der Waals surface area contributed by atoms with Crippen LogP contribution in [0.3, 0.4) is 0 Å². The number of carbonyl (C=O) groups excluding carboxylic acids is 2. The number of ether oxygens (including phenoxy) is 1. The average molecular weight is 421 g/mol. The summed E-state index contributed by atoms with van der Waals surface area (Å²) in [5.41, 5.74) is 0.666. The molecule has 0 saturated carbocycles. The summed E-state index contributed by atoms with van der Waals surface area (Å²) < 4.78 is 5.74. The molecule has 2 aromatic heterocycles. The van der Waals surface area contributed by atoms with Crippen molar-refractivity contribution in [2.45, 2.75) is 10.8 Å². The van der Waals surface area contributed by atoms with E-state index in [1.165, 1.54) is 34.4 Å². The van der Waals surface area contributed by atoms with Gasteiger partial charge >= 0.3 is 0 Å². The molecule has 2 heterocycles. The number of hydrogen-bond acceptors (Lipinski definition) is 8. The lowest BCUT2D eigenvalue weighted by atomic mass is 10.3. The number of rotatable bonds is 8. The second kappa shape index (κ2) is 9.49. The minimum atomic E-state index is -0.160. The first-order valence-corrected chi connectivity index (χ1v) is 10.5. The van der Waals surface area contributed by atoms with E-state index < -0.39 is 0 Å². The zero-order chi connectivity index (χ0) is 19.1. The molecule has 2 amide bonds. The van der Waals surface area contributed by atoms with Crippen LogP contribution in [0.25, 0.3) is 0 Å². The largest absolute Gasteiger partial charge is 0.497 e. The monoisotopic (exact) mass is 420 g/mol. The number of anilines is 2. The molecule has 3 aromatic rings. The summed E-state index contributed by atoms with van der Waals surface area (Å²) >= 11 is 4.04. The summed E-state index contributed by atoms with van der Waals surface area (Å²) in [6, 6.07) is 11.0. The molecule has 2 N–H and O–H groups in total. The van der Waals surface area contributed by atoms with E-state index in [4.69, 9.17) is 4.74 Å². The molecule has 3 rings (SSSR count). The van der Waals surface area contributed by atoms with Gasteiger partial charge in [-0.25, -0.2) is 0 Å². The Balaban J connectivity index is 1.46. The van der Waals surface area contributed by atoms with Crippen molar-refractivity contribution >= 4 is 57.1 Å². The predicted molar refractivity (Wildman–Crippen MR) is 109 cm³/mol. The highest BCUT2D eigenvalue weighted by Crippen LogP contribution is 2.26. The SMILES string of the molecule is COc1cccc(NC(=O)CSc2nnc(NC(=O)Cc3cccs3)s2)c1. The van der Waals surface area contributed by atoms with Gasteiger partial charge in [-0.3, -0.25) is 9.59 Å². The van der Waals surface area contributed by atoms with Gasteiger partial charge in [0.05, 0.1) is 19.3 Å². The van der Waals surface area contributed by atoms with Crippen LogP contribution in [-0.4, -0.2) is 34.9 Å². The molecule has 0 radical (unpaired) electrons. The summed E-state index contributed by atoms with van der Waals surface area (Å²) in [6.07, 6.45) is 0.308. The standard InChI is InChI=1S/C17H16N4O3S3/c1-24-12-5-2-4-11(8-12)18-15(23)10-26-17-21-20-16(27-17)19-14(22)9-13-6-3-7-25-13/h2-8H,9-10H2,1H3,(H,18,23)(H,19,20,22). The Bertz CT molecular complexity index is 912. The fraction of sp³-hybridized carbons (Fsp3) is 0.176. The van der Waals surface area contributed by atoms with E-state index in [2.05, 4.69) is 20.8 Å². The first-order chi connectivity index (χ1) is 13.1. The van der Waals surface area contributed by atoms with Crippen LogP contribution in [0.1, 0.15) is 4.88 Å². The first-order valence-electron chi connectivity index (χ1n) is 7.85. The average Bonchev–Trinajstić information content (AvgIpc) is 3.32. The third-order valence-corrected chi connectivity index (χ3v) is 6.10. The summed E-state index contributed by atoms with van der Waals surface area (Å²) in [5.74, 6) is 0.565. The lowest BCUT2D eigenvalue weighted by molar-refractivity contribution is -0.115.